The molecular formula is C15H20N2O2. The molecule has 1 saturated heterocycles. The van der Waals surface area contributed by atoms with Crippen molar-refractivity contribution in [3.8, 4) is 5.75 Å². The van der Waals surface area contributed by atoms with E-state index in [0.29, 0.717) is 6.54 Å². The van der Waals surface area contributed by atoms with Gasteiger partial charge >= 0.3 is 0 Å². The van der Waals surface area contributed by atoms with Crippen LogP contribution in [0.25, 0.3) is 0 Å². The molecule has 0 spiro atoms. The Bertz CT molecular complexity index is 487. The summed E-state index contributed by atoms with van der Waals surface area (Å²) in [7, 11) is 1.89. The number of carbonyl (C=O) groups excluding carboxylic acids is 1. The highest BCUT2D eigenvalue weighted by Crippen LogP contribution is 2.26. The first-order valence-corrected chi connectivity index (χ1v) is 6.93. The Labute approximate surface area is 113 Å². The predicted molar refractivity (Wildman–Crippen MR) is 73.2 cm³/mol. The molecule has 102 valence electrons. The van der Waals surface area contributed by atoms with E-state index in [9.17, 15) is 4.79 Å². The van der Waals surface area contributed by atoms with Crippen molar-refractivity contribution in [1.82, 2.24) is 9.80 Å². The molecule has 0 saturated carbocycles. The Morgan fingerprint density at radius 1 is 1.32 bits per heavy atom. The first-order chi connectivity index (χ1) is 9.22. The summed E-state index contributed by atoms with van der Waals surface area (Å²) < 4.78 is 5.52. The van der Waals surface area contributed by atoms with Crippen LogP contribution in [0, 0.1) is 0 Å². The van der Waals surface area contributed by atoms with Crippen molar-refractivity contribution in [2.24, 2.45) is 0 Å². The molecule has 2 aliphatic rings. The van der Waals surface area contributed by atoms with Crippen LogP contribution in [0.1, 0.15) is 17.5 Å². The third-order valence-corrected chi connectivity index (χ3v) is 3.91. The number of benzene rings is 1. The highest BCUT2D eigenvalue weighted by atomic mass is 16.5. The molecule has 3 rings (SSSR count). The van der Waals surface area contributed by atoms with Gasteiger partial charge in [-0.2, -0.15) is 0 Å². The zero-order valence-corrected chi connectivity index (χ0v) is 11.4. The Balaban J connectivity index is 1.69. The van der Waals surface area contributed by atoms with Gasteiger partial charge in [0, 0.05) is 33.1 Å². The monoisotopic (exact) mass is 260 g/mol. The standard InChI is InChI=1S/C15H20N2O2/c1-16-6-2-7-17(11-15(16)18)10-12-3-4-14-13(9-12)5-8-19-14/h3-4,9H,2,5-8,10-11H2,1H3. The molecule has 1 aromatic carbocycles. The SMILES string of the molecule is CN1CCCN(Cc2ccc3c(c2)CCO3)CC1=O. The van der Waals surface area contributed by atoms with Crippen LogP contribution < -0.4 is 4.74 Å². The maximum absolute atomic E-state index is 11.9. The average molecular weight is 260 g/mol. The van der Waals surface area contributed by atoms with Crippen molar-refractivity contribution < 1.29 is 9.53 Å². The Morgan fingerprint density at radius 2 is 2.21 bits per heavy atom. The summed E-state index contributed by atoms with van der Waals surface area (Å²) in [5.74, 6) is 1.25. The quantitative estimate of drug-likeness (QED) is 0.803. The van der Waals surface area contributed by atoms with Gasteiger partial charge in [0.15, 0.2) is 0 Å². The topological polar surface area (TPSA) is 32.8 Å². The second-order valence-corrected chi connectivity index (χ2v) is 5.42. The number of hydrogen-bond acceptors (Lipinski definition) is 3. The van der Waals surface area contributed by atoms with Crippen LogP contribution in [0.15, 0.2) is 18.2 Å². The molecule has 0 bridgehead atoms. The van der Waals surface area contributed by atoms with Gasteiger partial charge in [-0.25, -0.2) is 0 Å². The van der Waals surface area contributed by atoms with E-state index >= 15 is 0 Å². The van der Waals surface area contributed by atoms with Crippen molar-refractivity contribution >= 4 is 5.91 Å². The number of amides is 1. The van der Waals surface area contributed by atoms with Crippen LogP contribution in [-0.2, 0) is 17.8 Å². The van der Waals surface area contributed by atoms with Gasteiger partial charge in [0.1, 0.15) is 5.75 Å². The van der Waals surface area contributed by atoms with Crippen LogP contribution in [0.2, 0.25) is 0 Å². The minimum atomic E-state index is 0.224. The molecule has 4 nitrogen and oxygen atoms in total. The summed E-state index contributed by atoms with van der Waals surface area (Å²) in [6.07, 6.45) is 2.06. The smallest absolute Gasteiger partial charge is 0.236 e. The maximum Gasteiger partial charge on any atom is 0.236 e. The molecule has 1 amide bonds. The van der Waals surface area contributed by atoms with Crippen molar-refractivity contribution in [2.45, 2.75) is 19.4 Å². The van der Waals surface area contributed by atoms with Gasteiger partial charge in [-0.15, -0.1) is 0 Å². The highest BCUT2D eigenvalue weighted by molar-refractivity contribution is 5.78. The van der Waals surface area contributed by atoms with Crippen LogP contribution in [0.4, 0.5) is 0 Å². The summed E-state index contributed by atoms with van der Waals surface area (Å²) in [6, 6.07) is 6.40. The first-order valence-electron chi connectivity index (χ1n) is 6.93. The summed E-state index contributed by atoms with van der Waals surface area (Å²) >= 11 is 0. The van der Waals surface area contributed by atoms with Crippen LogP contribution in [0.3, 0.4) is 0 Å². The number of likely N-dealkylation sites (N-methyl/N-ethyl adjacent to an activating group) is 1. The minimum Gasteiger partial charge on any atom is -0.493 e. The fourth-order valence-corrected chi connectivity index (χ4v) is 2.78. The third kappa shape index (κ3) is 2.73. The number of carbonyl (C=O) groups is 1. The van der Waals surface area contributed by atoms with Gasteiger partial charge in [-0.05, 0) is 23.6 Å². The molecule has 2 heterocycles. The third-order valence-electron chi connectivity index (χ3n) is 3.91. The average Bonchev–Trinajstić information content (AvgIpc) is 2.79. The van der Waals surface area contributed by atoms with E-state index in [1.165, 1.54) is 11.1 Å². The predicted octanol–water partition coefficient (Wildman–Crippen LogP) is 1.29. The second kappa shape index (κ2) is 5.21. The van der Waals surface area contributed by atoms with E-state index in [-0.39, 0.29) is 5.91 Å². The molecule has 4 heteroatoms. The van der Waals surface area contributed by atoms with E-state index in [1.807, 2.05) is 11.9 Å². The molecule has 0 unspecified atom stereocenters. The Kier molecular flexibility index (Phi) is 3.42. The Morgan fingerprint density at radius 3 is 3.11 bits per heavy atom. The van der Waals surface area contributed by atoms with E-state index in [1.54, 1.807) is 0 Å². The second-order valence-electron chi connectivity index (χ2n) is 5.42. The lowest BCUT2D eigenvalue weighted by molar-refractivity contribution is -0.129. The van der Waals surface area contributed by atoms with Crippen LogP contribution in [-0.4, -0.2) is 49.0 Å². The number of rotatable bonds is 2. The van der Waals surface area contributed by atoms with E-state index in [0.717, 1.165) is 44.8 Å². The zero-order valence-electron chi connectivity index (χ0n) is 11.4. The lowest BCUT2D eigenvalue weighted by atomic mass is 10.1. The van der Waals surface area contributed by atoms with Gasteiger partial charge < -0.3 is 9.64 Å². The molecule has 1 aromatic rings. The molecule has 2 aliphatic heterocycles. The number of hydrogen-bond donors (Lipinski definition) is 0. The van der Waals surface area contributed by atoms with Crippen LogP contribution >= 0.6 is 0 Å². The number of fused-ring (bicyclic) bond motifs is 1. The molecule has 19 heavy (non-hydrogen) atoms. The molecule has 0 radical (unpaired) electrons. The molecule has 0 aliphatic carbocycles. The van der Waals surface area contributed by atoms with Crippen molar-refractivity contribution in [1.29, 1.82) is 0 Å². The van der Waals surface area contributed by atoms with Gasteiger partial charge in [-0.1, -0.05) is 12.1 Å². The van der Waals surface area contributed by atoms with Crippen molar-refractivity contribution in [2.75, 3.05) is 33.3 Å². The van der Waals surface area contributed by atoms with E-state index in [2.05, 4.69) is 23.1 Å². The Hall–Kier alpha value is -1.55. The van der Waals surface area contributed by atoms with E-state index < -0.39 is 0 Å². The van der Waals surface area contributed by atoms with Crippen molar-refractivity contribution in [3.05, 3.63) is 29.3 Å². The number of ether oxygens (including phenoxy) is 1. The summed E-state index contributed by atoms with van der Waals surface area (Å²) in [5.41, 5.74) is 2.58. The molecule has 0 N–H and O–H groups in total. The summed E-state index contributed by atoms with van der Waals surface area (Å²) in [5, 5.41) is 0. The van der Waals surface area contributed by atoms with Crippen molar-refractivity contribution in [3.63, 3.8) is 0 Å². The maximum atomic E-state index is 11.9. The largest absolute Gasteiger partial charge is 0.493 e. The summed E-state index contributed by atoms with van der Waals surface area (Å²) in [6.45, 7) is 4.04. The van der Waals surface area contributed by atoms with Gasteiger partial charge in [0.05, 0.1) is 13.2 Å². The fraction of sp³-hybridized carbons (Fsp3) is 0.533. The van der Waals surface area contributed by atoms with Gasteiger partial charge in [0.2, 0.25) is 5.91 Å². The fourth-order valence-electron chi connectivity index (χ4n) is 2.78. The highest BCUT2D eigenvalue weighted by Gasteiger charge is 2.19. The first kappa shape index (κ1) is 12.5. The van der Waals surface area contributed by atoms with Gasteiger partial charge in [-0.3, -0.25) is 9.69 Å². The van der Waals surface area contributed by atoms with Crippen LogP contribution in [0.5, 0.6) is 5.75 Å². The molecule has 0 atom stereocenters. The lowest BCUT2D eigenvalue weighted by Gasteiger charge is -2.19. The molecular weight excluding hydrogens is 240 g/mol. The molecule has 0 aromatic heterocycles. The molecule has 1 fully saturated rings. The van der Waals surface area contributed by atoms with E-state index in [4.69, 9.17) is 4.74 Å². The van der Waals surface area contributed by atoms with Gasteiger partial charge in [0.25, 0.3) is 0 Å². The normalized spacial score (nSPS) is 20.1. The lowest BCUT2D eigenvalue weighted by Crippen LogP contribution is -2.34. The minimum absolute atomic E-state index is 0.224. The number of nitrogens with zero attached hydrogens (tertiary/aromatic N) is 2. The zero-order chi connectivity index (χ0) is 13.2. The summed E-state index contributed by atoms with van der Waals surface area (Å²) in [4.78, 5) is 15.9.